The van der Waals surface area contributed by atoms with Crippen molar-refractivity contribution >= 4 is 40.1 Å². The highest BCUT2D eigenvalue weighted by Crippen LogP contribution is 2.17. The topological polar surface area (TPSA) is 58.2 Å². The number of aryl methyl sites for hydroxylation is 1. The standard InChI is InChI=1S/C15H21IN2O2/c1-9-6-7-11(8-12(9)16)18-13(19)10(2)17-14(20)15(3,4)5/h6-8,10H,1-5H3,(H,17,20)(H,18,19). The summed E-state index contributed by atoms with van der Waals surface area (Å²) < 4.78 is 1.09. The molecule has 1 atom stereocenters. The van der Waals surface area contributed by atoms with E-state index in [1.165, 1.54) is 0 Å². The molecule has 2 N–H and O–H groups in total. The number of hydrogen-bond donors (Lipinski definition) is 2. The SMILES string of the molecule is Cc1ccc(NC(=O)C(C)NC(=O)C(C)(C)C)cc1I. The van der Waals surface area contributed by atoms with E-state index in [1.54, 1.807) is 6.92 Å². The summed E-state index contributed by atoms with van der Waals surface area (Å²) >= 11 is 2.22. The Morgan fingerprint density at radius 1 is 1.25 bits per heavy atom. The van der Waals surface area contributed by atoms with Crippen molar-refractivity contribution in [1.82, 2.24) is 5.32 Å². The summed E-state index contributed by atoms with van der Waals surface area (Å²) in [6, 6.07) is 5.15. The fourth-order valence-electron chi connectivity index (χ4n) is 1.40. The molecule has 0 heterocycles. The highest BCUT2D eigenvalue weighted by atomic mass is 127. The van der Waals surface area contributed by atoms with E-state index >= 15 is 0 Å². The Labute approximate surface area is 133 Å². The van der Waals surface area contributed by atoms with Gasteiger partial charge in [0.25, 0.3) is 0 Å². The van der Waals surface area contributed by atoms with Crippen LogP contribution in [0.1, 0.15) is 33.3 Å². The summed E-state index contributed by atoms with van der Waals surface area (Å²) in [5.41, 5.74) is 1.40. The van der Waals surface area contributed by atoms with Crippen LogP contribution in [0.3, 0.4) is 0 Å². The zero-order valence-electron chi connectivity index (χ0n) is 12.5. The number of halogens is 1. The molecule has 4 nitrogen and oxygen atoms in total. The van der Waals surface area contributed by atoms with Gasteiger partial charge in [0.15, 0.2) is 0 Å². The number of rotatable bonds is 3. The monoisotopic (exact) mass is 388 g/mol. The van der Waals surface area contributed by atoms with E-state index in [-0.39, 0.29) is 11.8 Å². The summed E-state index contributed by atoms with van der Waals surface area (Å²) in [4.78, 5) is 23.9. The van der Waals surface area contributed by atoms with Crippen LogP contribution in [0.25, 0.3) is 0 Å². The number of benzene rings is 1. The maximum absolute atomic E-state index is 12.0. The van der Waals surface area contributed by atoms with Gasteiger partial charge in [0.05, 0.1) is 0 Å². The average molecular weight is 388 g/mol. The van der Waals surface area contributed by atoms with Crippen LogP contribution in [0.5, 0.6) is 0 Å². The Morgan fingerprint density at radius 2 is 1.85 bits per heavy atom. The van der Waals surface area contributed by atoms with Gasteiger partial charge in [0, 0.05) is 14.7 Å². The van der Waals surface area contributed by atoms with Gasteiger partial charge in [-0.3, -0.25) is 9.59 Å². The molecule has 1 aromatic rings. The molecule has 1 aromatic carbocycles. The van der Waals surface area contributed by atoms with Crippen LogP contribution in [-0.4, -0.2) is 17.9 Å². The minimum Gasteiger partial charge on any atom is -0.344 e. The Morgan fingerprint density at radius 3 is 2.35 bits per heavy atom. The van der Waals surface area contributed by atoms with E-state index in [4.69, 9.17) is 0 Å². The molecule has 0 fully saturated rings. The molecule has 2 amide bonds. The van der Waals surface area contributed by atoms with Crippen molar-refractivity contribution in [3.63, 3.8) is 0 Å². The lowest BCUT2D eigenvalue weighted by Crippen LogP contribution is -2.46. The van der Waals surface area contributed by atoms with E-state index in [0.717, 1.165) is 14.8 Å². The zero-order chi connectivity index (χ0) is 15.5. The van der Waals surface area contributed by atoms with Gasteiger partial charge in [-0.25, -0.2) is 0 Å². The average Bonchev–Trinajstić information content (AvgIpc) is 2.32. The molecule has 0 radical (unpaired) electrons. The molecule has 0 spiro atoms. The third-order valence-electron chi connectivity index (χ3n) is 2.86. The van der Waals surface area contributed by atoms with Crippen molar-refractivity contribution < 1.29 is 9.59 Å². The Hall–Kier alpha value is -1.11. The Balaban J connectivity index is 2.66. The first-order valence-electron chi connectivity index (χ1n) is 6.49. The highest BCUT2D eigenvalue weighted by Gasteiger charge is 2.25. The van der Waals surface area contributed by atoms with Crippen molar-refractivity contribution in [3.05, 3.63) is 27.3 Å². The quantitative estimate of drug-likeness (QED) is 0.782. The van der Waals surface area contributed by atoms with E-state index in [0.29, 0.717) is 0 Å². The molecule has 0 bridgehead atoms. The van der Waals surface area contributed by atoms with Crippen LogP contribution in [0.15, 0.2) is 18.2 Å². The fourth-order valence-corrected chi connectivity index (χ4v) is 1.92. The number of hydrogen-bond acceptors (Lipinski definition) is 2. The lowest BCUT2D eigenvalue weighted by molar-refractivity contribution is -0.131. The van der Waals surface area contributed by atoms with E-state index in [1.807, 2.05) is 45.9 Å². The minimum absolute atomic E-state index is 0.140. The number of carbonyl (C=O) groups is 2. The molecule has 0 saturated carbocycles. The van der Waals surface area contributed by atoms with Crippen molar-refractivity contribution in [1.29, 1.82) is 0 Å². The molecule has 0 aliphatic rings. The van der Waals surface area contributed by atoms with Gasteiger partial charge in [-0.15, -0.1) is 0 Å². The van der Waals surface area contributed by atoms with Gasteiger partial charge in [0.2, 0.25) is 11.8 Å². The normalized spacial score (nSPS) is 12.7. The summed E-state index contributed by atoms with van der Waals surface area (Å²) in [5.74, 6) is -0.360. The molecule has 0 aliphatic heterocycles. The molecule has 110 valence electrons. The fraction of sp³-hybridized carbons (Fsp3) is 0.467. The van der Waals surface area contributed by atoms with Gasteiger partial charge in [-0.05, 0) is 54.1 Å². The van der Waals surface area contributed by atoms with Crippen molar-refractivity contribution in [2.75, 3.05) is 5.32 Å². The molecule has 5 heteroatoms. The van der Waals surface area contributed by atoms with Crippen LogP contribution in [0, 0.1) is 15.9 Å². The van der Waals surface area contributed by atoms with Gasteiger partial charge in [-0.2, -0.15) is 0 Å². The van der Waals surface area contributed by atoms with Crippen molar-refractivity contribution in [2.45, 2.75) is 40.7 Å². The Bertz CT molecular complexity index is 521. The molecule has 1 unspecified atom stereocenters. The lowest BCUT2D eigenvalue weighted by Gasteiger charge is -2.21. The number of amides is 2. The molecule has 1 rings (SSSR count). The van der Waals surface area contributed by atoms with E-state index < -0.39 is 11.5 Å². The first-order valence-corrected chi connectivity index (χ1v) is 7.57. The first kappa shape index (κ1) is 16.9. The van der Waals surface area contributed by atoms with E-state index in [9.17, 15) is 9.59 Å². The predicted octanol–water partition coefficient (Wildman–Crippen LogP) is 3.09. The van der Waals surface area contributed by atoms with Gasteiger partial charge in [-0.1, -0.05) is 26.8 Å². The molecule has 0 saturated heterocycles. The summed E-state index contributed by atoms with van der Waals surface area (Å²) in [5, 5.41) is 5.52. The summed E-state index contributed by atoms with van der Waals surface area (Å²) in [7, 11) is 0. The van der Waals surface area contributed by atoms with Crippen molar-refractivity contribution in [2.24, 2.45) is 5.41 Å². The molecular weight excluding hydrogens is 367 g/mol. The molecule has 20 heavy (non-hydrogen) atoms. The van der Waals surface area contributed by atoms with Crippen LogP contribution >= 0.6 is 22.6 Å². The molecule has 0 aromatic heterocycles. The number of anilines is 1. The second-order valence-corrected chi connectivity index (χ2v) is 7.06. The molecular formula is C15H21IN2O2. The Kier molecular flexibility index (Phi) is 5.56. The largest absolute Gasteiger partial charge is 0.344 e. The van der Waals surface area contributed by atoms with E-state index in [2.05, 4.69) is 33.2 Å². The maximum Gasteiger partial charge on any atom is 0.246 e. The predicted molar refractivity (Wildman–Crippen MR) is 89.6 cm³/mol. The van der Waals surface area contributed by atoms with Crippen molar-refractivity contribution in [3.8, 4) is 0 Å². The second-order valence-electron chi connectivity index (χ2n) is 5.90. The number of carbonyl (C=O) groups excluding carboxylic acids is 2. The maximum atomic E-state index is 12.0. The highest BCUT2D eigenvalue weighted by molar-refractivity contribution is 14.1. The summed E-state index contributed by atoms with van der Waals surface area (Å²) in [6.45, 7) is 9.14. The third kappa shape index (κ3) is 4.77. The van der Waals surface area contributed by atoms with Crippen LogP contribution in [-0.2, 0) is 9.59 Å². The number of nitrogens with one attached hydrogen (secondary N) is 2. The van der Waals surface area contributed by atoms with Crippen LogP contribution in [0.2, 0.25) is 0 Å². The lowest BCUT2D eigenvalue weighted by atomic mass is 9.95. The minimum atomic E-state index is -0.569. The van der Waals surface area contributed by atoms with Gasteiger partial charge < -0.3 is 10.6 Å². The summed E-state index contributed by atoms with van der Waals surface area (Å²) in [6.07, 6.45) is 0. The van der Waals surface area contributed by atoms with Gasteiger partial charge >= 0.3 is 0 Å². The first-order chi connectivity index (χ1) is 9.11. The zero-order valence-corrected chi connectivity index (χ0v) is 14.7. The van der Waals surface area contributed by atoms with Crippen LogP contribution < -0.4 is 10.6 Å². The van der Waals surface area contributed by atoms with Gasteiger partial charge in [0.1, 0.15) is 6.04 Å². The third-order valence-corrected chi connectivity index (χ3v) is 4.02. The smallest absolute Gasteiger partial charge is 0.246 e. The van der Waals surface area contributed by atoms with Crippen LogP contribution in [0.4, 0.5) is 5.69 Å². The molecule has 0 aliphatic carbocycles. The second kappa shape index (κ2) is 6.56.